The van der Waals surface area contributed by atoms with Crippen molar-refractivity contribution in [1.29, 1.82) is 0 Å². The van der Waals surface area contributed by atoms with Crippen molar-refractivity contribution in [3.63, 3.8) is 0 Å². The summed E-state index contributed by atoms with van der Waals surface area (Å²) < 4.78 is 6.24. The molecule has 0 saturated heterocycles. The molecule has 196 valence electrons. The second kappa shape index (κ2) is 9.13. The maximum atomic E-state index is 6.24. The molecule has 9 rings (SSSR count). The van der Waals surface area contributed by atoms with Crippen molar-refractivity contribution >= 4 is 44.5 Å². The summed E-state index contributed by atoms with van der Waals surface area (Å²) in [4.78, 5) is 17.1. The van der Waals surface area contributed by atoms with Gasteiger partial charge in [0.15, 0.2) is 17.5 Å². The zero-order valence-corrected chi connectivity index (χ0v) is 23.1. The number of hydrogen-bond donors (Lipinski definition) is 0. The maximum Gasteiger partial charge on any atom is 0.164 e. The average Bonchev–Trinajstić information content (AvgIpc) is 3.46. The van der Waals surface area contributed by atoms with Gasteiger partial charge in [0.1, 0.15) is 11.2 Å². The molecule has 0 amide bonds. The lowest BCUT2D eigenvalue weighted by Crippen LogP contribution is -2.00. The Morgan fingerprint density at radius 1 is 0.405 bits per heavy atom. The SMILES string of the molecule is c1ccc(-c2nc(-c3ccccc3)nc(-c3ccc(-c4ccc5c6c4ccc4oc7cccc(c7c46)S5)cc3)n2)cc1. The fourth-order valence-electron chi connectivity index (χ4n) is 5.97. The van der Waals surface area contributed by atoms with E-state index in [1.807, 2.05) is 72.4 Å². The molecule has 0 radical (unpaired) electrons. The number of nitrogens with zero attached hydrogens (tertiary/aromatic N) is 3. The molecule has 4 nitrogen and oxygen atoms in total. The predicted molar refractivity (Wildman–Crippen MR) is 170 cm³/mol. The van der Waals surface area contributed by atoms with Crippen LogP contribution in [0.5, 0.6) is 0 Å². The van der Waals surface area contributed by atoms with Crippen LogP contribution in [0.1, 0.15) is 0 Å². The summed E-state index contributed by atoms with van der Waals surface area (Å²) in [5.74, 6) is 1.97. The Bertz CT molecular complexity index is 2250. The molecule has 8 aromatic rings. The zero-order chi connectivity index (χ0) is 27.6. The molecule has 0 atom stereocenters. The lowest BCUT2D eigenvalue weighted by molar-refractivity contribution is 0.669. The molecule has 0 bridgehead atoms. The van der Waals surface area contributed by atoms with E-state index in [4.69, 9.17) is 19.4 Å². The van der Waals surface area contributed by atoms with Crippen LogP contribution in [0, 0.1) is 0 Å². The van der Waals surface area contributed by atoms with Crippen LogP contribution >= 0.6 is 11.8 Å². The summed E-state index contributed by atoms with van der Waals surface area (Å²) in [7, 11) is 0. The monoisotopic (exact) mass is 555 g/mol. The van der Waals surface area contributed by atoms with Crippen LogP contribution in [0.25, 0.3) is 78.0 Å². The maximum absolute atomic E-state index is 6.24. The molecule has 0 aliphatic carbocycles. The van der Waals surface area contributed by atoms with Gasteiger partial charge in [-0.05, 0) is 46.8 Å². The van der Waals surface area contributed by atoms with E-state index in [0.29, 0.717) is 17.5 Å². The average molecular weight is 556 g/mol. The van der Waals surface area contributed by atoms with Crippen LogP contribution in [0.2, 0.25) is 0 Å². The normalized spacial score (nSPS) is 12.2. The van der Waals surface area contributed by atoms with Gasteiger partial charge in [0.2, 0.25) is 0 Å². The Kier molecular flexibility index (Phi) is 5.10. The minimum absolute atomic E-state index is 0.652. The first-order valence-corrected chi connectivity index (χ1v) is 14.7. The highest BCUT2D eigenvalue weighted by Crippen LogP contribution is 2.50. The molecular formula is C37H21N3OS. The molecule has 1 aliphatic rings. The van der Waals surface area contributed by atoms with Gasteiger partial charge in [0, 0.05) is 42.6 Å². The van der Waals surface area contributed by atoms with Gasteiger partial charge in [-0.25, -0.2) is 15.0 Å². The number of hydrogen-bond acceptors (Lipinski definition) is 5. The quantitative estimate of drug-likeness (QED) is 0.216. The van der Waals surface area contributed by atoms with E-state index >= 15 is 0 Å². The van der Waals surface area contributed by atoms with E-state index in [-0.39, 0.29) is 0 Å². The standard InChI is InChI=1S/C37H21N3OS/c1-3-8-23(9-4-1)35-38-36(24-10-5-2-6-11-24)40-37(39-35)25-16-14-22(15-17-25)26-19-21-31-32-27(26)18-20-29-34(32)33-28(41-29)12-7-13-30(33)42-31/h1-21H. The van der Waals surface area contributed by atoms with Crippen LogP contribution in [-0.4, -0.2) is 15.0 Å². The van der Waals surface area contributed by atoms with Crippen molar-refractivity contribution in [3.05, 3.63) is 127 Å². The Morgan fingerprint density at radius 3 is 1.64 bits per heavy atom. The number of furan rings is 1. The van der Waals surface area contributed by atoms with E-state index < -0.39 is 0 Å². The minimum atomic E-state index is 0.652. The van der Waals surface area contributed by atoms with Crippen molar-refractivity contribution in [1.82, 2.24) is 15.0 Å². The highest BCUT2D eigenvalue weighted by atomic mass is 32.2. The highest BCUT2D eigenvalue weighted by Gasteiger charge is 2.23. The molecule has 42 heavy (non-hydrogen) atoms. The van der Waals surface area contributed by atoms with E-state index in [0.717, 1.165) is 33.4 Å². The van der Waals surface area contributed by atoms with Crippen LogP contribution < -0.4 is 0 Å². The summed E-state index contributed by atoms with van der Waals surface area (Å²) in [6, 6.07) is 43.8. The first-order chi connectivity index (χ1) is 20.8. The Morgan fingerprint density at radius 2 is 0.976 bits per heavy atom. The van der Waals surface area contributed by atoms with Gasteiger partial charge in [-0.1, -0.05) is 109 Å². The fourth-order valence-corrected chi connectivity index (χ4v) is 7.11. The molecule has 0 spiro atoms. The topological polar surface area (TPSA) is 51.8 Å². The number of aromatic nitrogens is 3. The summed E-state index contributed by atoms with van der Waals surface area (Å²) in [6.45, 7) is 0. The van der Waals surface area contributed by atoms with Crippen molar-refractivity contribution in [3.8, 4) is 45.3 Å². The van der Waals surface area contributed by atoms with Gasteiger partial charge in [-0.15, -0.1) is 0 Å². The third-order valence-corrected chi connectivity index (χ3v) is 9.06. The van der Waals surface area contributed by atoms with E-state index in [1.165, 1.54) is 36.9 Å². The summed E-state index contributed by atoms with van der Waals surface area (Å²) in [5, 5.41) is 4.95. The Balaban J connectivity index is 1.18. The van der Waals surface area contributed by atoms with Crippen LogP contribution in [0.4, 0.5) is 0 Å². The molecule has 1 aliphatic heterocycles. The van der Waals surface area contributed by atoms with Crippen LogP contribution in [0.15, 0.2) is 142 Å². The van der Waals surface area contributed by atoms with Crippen LogP contribution in [-0.2, 0) is 0 Å². The van der Waals surface area contributed by atoms with Crippen molar-refractivity contribution in [2.24, 2.45) is 0 Å². The first-order valence-electron chi connectivity index (χ1n) is 13.9. The largest absolute Gasteiger partial charge is 0.456 e. The molecule has 6 aromatic carbocycles. The lowest BCUT2D eigenvalue weighted by atomic mass is 9.94. The molecule has 0 saturated carbocycles. The number of benzene rings is 6. The van der Waals surface area contributed by atoms with Crippen molar-refractivity contribution in [2.75, 3.05) is 0 Å². The van der Waals surface area contributed by atoms with Gasteiger partial charge in [0.05, 0.1) is 0 Å². The lowest BCUT2D eigenvalue weighted by Gasteiger charge is -2.16. The molecule has 3 heterocycles. The van der Waals surface area contributed by atoms with Gasteiger partial charge in [0.25, 0.3) is 0 Å². The second-order valence-electron chi connectivity index (χ2n) is 10.4. The molecule has 0 N–H and O–H groups in total. The zero-order valence-electron chi connectivity index (χ0n) is 22.3. The molecule has 0 fully saturated rings. The van der Waals surface area contributed by atoms with Crippen LogP contribution in [0.3, 0.4) is 0 Å². The third-order valence-electron chi connectivity index (χ3n) is 7.94. The van der Waals surface area contributed by atoms with E-state index in [2.05, 4.69) is 66.7 Å². The second-order valence-corrected chi connectivity index (χ2v) is 11.5. The van der Waals surface area contributed by atoms with Gasteiger partial charge < -0.3 is 4.42 Å². The van der Waals surface area contributed by atoms with Gasteiger partial charge >= 0.3 is 0 Å². The molecule has 0 unspecified atom stereocenters. The smallest absolute Gasteiger partial charge is 0.164 e. The Hall–Kier alpha value is -5.26. The summed E-state index contributed by atoms with van der Waals surface area (Å²) in [6.07, 6.45) is 0. The number of rotatable bonds is 4. The molecule has 2 aromatic heterocycles. The summed E-state index contributed by atoms with van der Waals surface area (Å²) in [5.41, 5.74) is 7.10. The van der Waals surface area contributed by atoms with E-state index in [9.17, 15) is 0 Å². The van der Waals surface area contributed by atoms with Crippen molar-refractivity contribution < 1.29 is 4.42 Å². The molecular weight excluding hydrogens is 534 g/mol. The van der Waals surface area contributed by atoms with Gasteiger partial charge in [-0.3, -0.25) is 0 Å². The fraction of sp³-hybridized carbons (Fsp3) is 0. The predicted octanol–water partition coefficient (Wildman–Crippen LogP) is 10.1. The Labute approximate surface area is 245 Å². The molecule has 5 heteroatoms. The highest BCUT2D eigenvalue weighted by molar-refractivity contribution is 8.00. The summed E-state index contributed by atoms with van der Waals surface area (Å²) >= 11 is 1.82. The van der Waals surface area contributed by atoms with Crippen molar-refractivity contribution in [2.45, 2.75) is 9.79 Å². The third kappa shape index (κ3) is 3.60. The first kappa shape index (κ1) is 23.4. The van der Waals surface area contributed by atoms with Gasteiger partial charge in [-0.2, -0.15) is 0 Å². The van der Waals surface area contributed by atoms with E-state index in [1.54, 1.807) is 0 Å². The minimum Gasteiger partial charge on any atom is -0.456 e.